The number of nitrogens with zero attached hydrogens (tertiary/aromatic N) is 4. The molecule has 3 aliphatic rings. The molecule has 8 heteroatoms. The monoisotopic (exact) mass is 462 g/mol. The van der Waals surface area contributed by atoms with E-state index >= 15 is 0 Å². The lowest BCUT2D eigenvalue weighted by Gasteiger charge is -2.38. The fraction of sp³-hybridized carbons (Fsp3) is 0.500. The van der Waals surface area contributed by atoms with E-state index in [-0.39, 0.29) is 29.9 Å². The minimum absolute atomic E-state index is 0.107. The number of carbonyl (C=O) groups is 2. The second-order valence-corrected chi connectivity index (χ2v) is 9.49. The van der Waals surface area contributed by atoms with Crippen LogP contribution in [0.1, 0.15) is 25.0 Å². The molecule has 3 atom stereocenters. The normalized spacial score (nSPS) is 25.2. The van der Waals surface area contributed by atoms with Gasteiger partial charge in [0.15, 0.2) is 0 Å². The van der Waals surface area contributed by atoms with E-state index < -0.39 is 0 Å². The molecule has 3 saturated heterocycles. The number of hydrogen-bond donors (Lipinski definition) is 2. The maximum Gasteiger partial charge on any atom is 0.237 e. The van der Waals surface area contributed by atoms with Gasteiger partial charge < -0.3 is 20.4 Å². The van der Waals surface area contributed by atoms with E-state index in [0.29, 0.717) is 19.5 Å². The zero-order chi connectivity index (χ0) is 23.3. The molecule has 0 aliphatic carbocycles. The van der Waals surface area contributed by atoms with Crippen molar-refractivity contribution in [1.82, 2.24) is 25.4 Å². The van der Waals surface area contributed by atoms with Crippen LogP contribution in [-0.2, 0) is 16.1 Å². The van der Waals surface area contributed by atoms with Gasteiger partial charge in [0.05, 0.1) is 11.7 Å². The Balaban J connectivity index is 1.10. The Kier molecular flexibility index (Phi) is 7.06. The van der Waals surface area contributed by atoms with Crippen LogP contribution in [0.4, 0.5) is 5.69 Å². The molecule has 180 valence electrons. The first kappa shape index (κ1) is 22.8. The van der Waals surface area contributed by atoms with Gasteiger partial charge in [-0.1, -0.05) is 24.3 Å². The van der Waals surface area contributed by atoms with Gasteiger partial charge in [-0.05, 0) is 37.1 Å². The summed E-state index contributed by atoms with van der Waals surface area (Å²) in [5.41, 5.74) is 2.23. The van der Waals surface area contributed by atoms with Crippen LogP contribution in [0, 0.1) is 0 Å². The first-order valence-electron chi connectivity index (χ1n) is 12.4. The molecule has 34 heavy (non-hydrogen) atoms. The summed E-state index contributed by atoms with van der Waals surface area (Å²) in [6.07, 6.45) is 3.91. The molecule has 4 heterocycles. The number of para-hydroxylation sites is 1. The van der Waals surface area contributed by atoms with Crippen LogP contribution >= 0.6 is 0 Å². The molecule has 1 aromatic carbocycles. The maximum atomic E-state index is 12.9. The Morgan fingerprint density at radius 3 is 2.62 bits per heavy atom. The number of benzene rings is 1. The maximum absolute atomic E-state index is 12.9. The highest BCUT2D eigenvalue weighted by atomic mass is 16.2. The number of hydrogen-bond acceptors (Lipinski definition) is 6. The van der Waals surface area contributed by atoms with Crippen LogP contribution < -0.4 is 15.5 Å². The van der Waals surface area contributed by atoms with Crippen molar-refractivity contribution in [3.8, 4) is 0 Å². The standard InChI is InChI=1S/C26H34N6O2/c33-25(31-14-12-30(13-15-31)22-7-2-1-3-8-22)10-9-23-18-29-26(34)24-16-21(19-32(23)24)28-17-20-6-4-5-11-27-20/h1-8,11,21,23-24,28H,9-10,12-19H2,(H,29,34)/t21-,23-,24+/m0/s1. The van der Waals surface area contributed by atoms with Gasteiger partial charge in [0, 0.05) is 76.2 Å². The number of pyridine rings is 1. The predicted molar refractivity (Wildman–Crippen MR) is 131 cm³/mol. The summed E-state index contributed by atoms with van der Waals surface area (Å²) in [6, 6.07) is 16.7. The Hall–Kier alpha value is -2.97. The van der Waals surface area contributed by atoms with Crippen molar-refractivity contribution >= 4 is 17.5 Å². The number of piperazine rings is 2. The third-order valence-electron chi connectivity index (χ3n) is 7.37. The topological polar surface area (TPSA) is 80.8 Å². The van der Waals surface area contributed by atoms with Gasteiger partial charge in [-0.3, -0.25) is 19.5 Å². The molecule has 1 aromatic heterocycles. The smallest absolute Gasteiger partial charge is 0.237 e. The molecule has 0 spiro atoms. The number of rotatable bonds is 7. The van der Waals surface area contributed by atoms with E-state index in [0.717, 1.165) is 51.3 Å². The second kappa shape index (κ2) is 10.5. The van der Waals surface area contributed by atoms with Crippen LogP contribution in [0.5, 0.6) is 0 Å². The third kappa shape index (κ3) is 5.23. The summed E-state index contributed by atoms with van der Waals surface area (Å²) < 4.78 is 0. The van der Waals surface area contributed by atoms with Crippen molar-refractivity contribution in [3.05, 3.63) is 60.4 Å². The number of anilines is 1. The molecular formula is C26H34N6O2. The third-order valence-corrected chi connectivity index (χ3v) is 7.37. The van der Waals surface area contributed by atoms with Gasteiger partial charge in [0.25, 0.3) is 0 Å². The fourth-order valence-electron chi connectivity index (χ4n) is 5.44. The summed E-state index contributed by atoms with van der Waals surface area (Å²) in [6.45, 7) is 5.42. The highest BCUT2D eigenvalue weighted by Gasteiger charge is 2.43. The molecule has 3 fully saturated rings. The van der Waals surface area contributed by atoms with Crippen molar-refractivity contribution in [2.45, 2.75) is 43.9 Å². The summed E-state index contributed by atoms with van der Waals surface area (Å²) in [5, 5.41) is 6.64. The van der Waals surface area contributed by atoms with Crippen molar-refractivity contribution in [1.29, 1.82) is 0 Å². The molecule has 0 saturated carbocycles. The lowest BCUT2D eigenvalue weighted by atomic mass is 10.0. The zero-order valence-electron chi connectivity index (χ0n) is 19.6. The van der Waals surface area contributed by atoms with Gasteiger partial charge in [0.2, 0.25) is 11.8 Å². The average molecular weight is 463 g/mol. The molecule has 0 bridgehead atoms. The molecule has 3 aliphatic heterocycles. The summed E-state index contributed by atoms with van der Waals surface area (Å²) in [4.78, 5) is 36.5. The zero-order valence-corrected chi connectivity index (χ0v) is 19.6. The molecule has 0 radical (unpaired) electrons. The SMILES string of the molecule is O=C1NC[C@H](CCC(=O)N2CCN(c3ccccc3)CC2)N2C[C@@H](NCc3ccccn3)C[C@H]12. The van der Waals surface area contributed by atoms with E-state index in [9.17, 15) is 9.59 Å². The quantitative estimate of drug-likeness (QED) is 0.645. The van der Waals surface area contributed by atoms with E-state index in [1.807, 2.05) is 29.2 Å². The lowest BCUT2D eigenvalue weighted by Crippen LogP contribution is -2.58. The lowest BCUT2D eigenvalue weighted by molar-refractivity contribution is -0.132. The Morgan fingerprint density at radius 1 is 1.06 bits per heavy atom. The first-order valence-corrected chi connectivity index (χ1v) is 12.4. The predicted octanol–water partition coefficient (Wildman–Crippen LogP) is 1.24. The van der Waals surface area contributed by atoms with Gasteiger partial charge in [0.1, 0.15) is 0 Å². The minimum Gasteiger partial charge on any atom is -0.368 e. The van der Waals surface area contributed by atoms with Gasteiger partial charge in [-0.15, -0.1) is 0 Å². The van der Waals surface area contributed by atoms with E-state index in [4.69, 9.17) is 0 Å². The van der Waals surface area contributed by atoms with Crippen LogP contribution in [0.25, 0.3) is 0 Å². The van der Waals surface area contributed by atoms with E-state index in [1.54, 1.807) is 6.20 Å². The number of fused-ring (bicyclic) bond motifs is 1. The Labute approximate surface area is 201 Å². The number of amides is 2. The van der Waals surface area contributed by atoms with Crippen LogP contribution in [0.3, 0.4) is 0 Å². The summed E-state index contributed by atoms with van der Waals surface area (Å²) >= 11 is 0. The van der Waals surface area contributed by atoms with Crippen LogP contribution in [0.2, 0.25) is 0 Å². The van der Waals surface area contributed by atoms with Crippen molar-refractivity contribution in [2.75, 3.05) is 44.2 Å². The largest absolute Gasteiger partial charge is 0.368 e. The van der Waals surface area contributed by atoms with E-state index in [1.165, 1.54) is 5.69 Å². The number of aromatic nitrogens is 1. The number of carbonyl (C=O) groups excluding carboxylic acids is 2. The van der Waals surface area contributed by atoms with Crippen molar-refractivity contribution in [2.24, 2.45) is 0 Å². The van der Waals surface area contributed by atoms with E-state index in [2.05, 4.69) is 49.7 Å². The summed E-state index contributed by atoms with van der Waals surface area (Å²) in [5.74, 6) is 0.340. The molecule has 2 aromatic rings. The van der Waals surface area contributed by atoms with Gasteiger partial charge in [-0.25, -0.2) is 0 Å². The first-order chi connectivity index (χ1) is 16.7. The van der Waals surface area contributed by atoms with Crippen LogP contribution in [0.15, 0.2) is 54.7 Å². The summed E-state index contributed by atoms with van der Waals surface area (Å²) in [7, 11) is 0. The Morgan fingerprint density at radius 2 is 1.85 bits per heavy atom. The fourth-order valence-corrected chi connectivity index (χ4v) is 5.44. The molecule has 2 amide bonds. The molecule has 5 rings (SSSR count). The highest BCUT2D eigenvalue weighted by molar-refractivity contribution is 5.83. The highest BCUT2D eigenvalue weighted by Crippen LogP contribution is 2.26. The number of nitrogens with one attached hydrogen (secondary N) is 2. The van der Waals surface area contributed by atoms with Crippen LogP contribution in [-0.4, -0.2) is 84.0 Å². The molecule has 2 N–H and O–H groups in total. The second-order valence-electron chi connectivity index (χ2n) is 9.49. The average Bonchev–Trinajstić information content (AvgIpc) is 3.34. The Bertz CT molecular complexity index is 964. The minimum atomic E-state index is -0.107. The van der Waals surface area contributed by atoms with Gasteiger partial charge in [-0.2, -0.15) is 0 Å². The molecular weight excluding hydrogens is 428 g/mol. The van der Waals surface area contributed by atoms with Gasteiger partial charge >= 0.3 is 0 Å². The molecule has 0 unspecified atom stereocenters. The van der Waals surface area contributed by atoms with Crippen molar-refractivity contribution < 1.29 is 9.59 Å². The van der Waals surface area contributed by atoms with Crippen molar-refractivity contribution in [3.63, 3.8) is 0 Å². The molecule has 8 nitrogen and oxygen atoms in total.